The number of benzene rings is 2. The Balaban J connectivity index is 1.83. The van der Waals surface area contributed by atoms with Crippen molar-refractivity contribution in [2.45, 2.75) is 57.5 Å². The summed E-state index contributed by atoms with van der Waals surface area (Å²) >= 11 is 0. The van der Waals surface area contributed by atoms with Crippen molar-refractivity contribution >= 4 is 21.6 Å². The molecule has 1 amide bonds. The molecule has 8 nitrogen and oxygen atoms in total. The van der Waals surface area contributed by atoms with Crippen molar-refractivity contribution in [3.63, 3.8) is 0 Å². The van der Waals surface area contributed by atoms with Crippen LogP contribution in [0.5, 0.6) is 5.75 Å². The van der Waals surface area contributed by atoms with E-state index in [-0.39, 0.29) is 16.2 Å². The van der Waals surface area contributed by atoms with E-state index in [0.29, 0.717) is 18.2 Å². The van der Waals surface area contributed by atoms with Gasteiger partial charge in [-0.25, -0.2) is 18.1 Å². The number of hydrogen-bond acceptors (Lipinski definition) is 5. The Labute approximate surface area is 201 Å². The van der Waals surface area contributed by atoms with Crippen LogP contribution < -0.4 is 14.8 Å². The first kappa shape index (κ1) is 25.5. The lowest BCUT2D eigenvalue weighted by Crippen LogP contribution is -2.40. The zero-order valence-corrected chi connectivity index (χ0v) is 21.2. The fourth-order valence-corrected chi connectivity index (χ4v) is 5.20. The third-order valence-corrected chi connectivity index (χ3v) is 6.74. The van der Waals surface area contributed by atoms with E-state index in [0.717, 1.165) is 11.4 Å². The number of nitrogens with one attached hydrogen (secondary N) is 2. The molecule has 2 aromatic carbocycles. The SMILES string of the molecule is COc1ccc(C(=O)Nc2cccc(Cn3ccnc3C(C)C)c2)cc1S(=O)(=O)NC(C)(C)C. The number of ether oxygens (including phenoxy) is 1. The molecule has 0 radical (unpaired) electrons. The number of amides is 1. The number of rotatable bonds is 8. The van der Waals surface area contributed by atoms with E-state index in [1.807, 2.05) is 24.4 Å². The number of sulfonamides is 1. The second kappa shape index (κ2) is 9.99. The van der Waals surface area contributed by atoms with Gasteiger partial charge in [-0.05, 0) is 56.7 Å². The number of anilines is 1. The van der Waals surface area contributed by atoms with Crippen LogP contribution in [-0.4, -0.2) is 36.5 Å². The molecule has 0 saturated heterocycles. The van der Waals surface area contributed by atoms with Crippen LogP contribution in [-0.2, 0) is 16.6 Å². The molecule has 0 spiro atoms. The summed E-state index contributed by atoms with van der Waals surface area (Å²) in [7, 11) is -2.51. The molecule has 2 N–H and O–H groups in total. The molecular formula is C25H32N4O4S. The maximum Gasteiger partial charge on any atom is 0.255 e. The van der Waals surface area contributed by atoms with Gasteiger partial charge in [0.1, 0.15) is 16.5 Å². The summed E-state index contributed by atoms with van der Waals surface area (Å²) in [6.07, 6.45) is 3.72. The zero-order valence-electron chi connectivity index (χ0n) is 20.4. The molecule has 0 saturated carbocycles. The van der Waals surface area contributed by atoms with Crippen molar-refractivity contribution in [2.75, 3.05) is 12.4 Å². The summed E-state index contributed by atoms with van der Waals surface area (Å²) in [5, 5.41) is 2.86. The zero-order chi connectivity index (χ0) is 25.1. The predicted molar refractivity (Wildman–Crippen MR) is 133 cm³/mol. The van der Waals surface area contributed by atoms with Gasteiger partial charge in [0, 0.05) is 41.6 Å². The maximum atomic E-state index is 13.0. The Morgan fingerprint density at radius 3 is 2.53 bits per heavy atom. The molecule has 0 aliphatic carbocycles. The molecule has 0 atom stereocenters. The van der Waals surface area contributed by atoms with E-state index >= 15 is 0 Å². The number of carbonyl (C=O) groups is 1. The van der Waals surface area contributed by atoms with Crippen molar-refractivity contribution in [3.8, 4) is 5.75 Å². The van der Waals surface area contributed by atoms with E-state index in [4.69, 9.17) is 4.74 Å². The van der Waals surface area contributed by atoms with Crippen LogP contribution in [0.4, 0.5) is 5.69 Å². The minimum Gasteiger partial charge on any atom is -0.495 e. The largest absolute Gasteiger partial charge is 0.495 e. The fourth-order valence-electron chi connectivity index (χ4n) is 3.59. The molecule has 3 aromatic rings. The van der Waals surface area contributed by atoms with Crippen LogP contribution in [0.15, 0.2) is 59.8 Å². The molecule has 0 unspecified atom stereocenters. The van der Waals surface area contributed by atoms with Crippen LogP contribution in [0.3, 0.4) is 0 Å². The van der Waals surface area contributed by atoms with Crippen LogP contribution in [0.25, 0.3) is 0 Å². The quantitative estimate of drug-likeness (QED) is 0.494. The van der Waals surface area contributed by atoms with Gasteiger partial charge in [0.2, 0.25) is 10.0 Å². The number of hydrogen-bond donors (Lipinski definition) is 2. The normalized spacial score (nSPS) is 12.1. The van der Waals surface area contributed by atoms with Crippen molar-refractivity contribution in [1.82, 2.24) is 14.3 Å². The summed E-state index contributed by atoms with van der Waals surface area (Å²) in [5.74, 6) is 1.03. The van der Waals surface area contributed by atoms with Crippen molar-refractivity contribution in [1.29, 1.82) is 0 Å². The highest BCUT2D eigenvalue weighted by Gasteiger charge is 2.26. The average Bonchev–Trinajstić information content (AvgIpc) is 3.20. The highest BCUT2D eigenvalue weighted by atomic mass is 32.2. The molecule has 0 aliphatic heterocycles. The number of nitrogens with zero attached hydrogens (tertiary/aromatic N) is 2. The Bertz CT molecular complexity index is 1270. The summed E-state index contributed by atoms with van der Waals surface area (Å²) in [4.78, 5) is 17.3. The Kier molecular flexibility index (Phi) is 7.48. The molecule has 0 bridgehead atoms. The third kappa shape index (κ3) is 6.24. The molecule has 182 valence electrons. The molecule has 0 aliphatic rings. The van der Waals surface area contributed by atoms with Crippen LogP contribution in [0, 0.1) is 0 Å². The highest BCUT2D eigenvalue weighted by Crippen LogP contribution is 2.26. The Morgan fingerprint density at radius 2 is 1.88 bits per heavy atom. The Morgan fingerprint density at radius 1 is 1.15 bits per heavy atom. The standard InChI is InChI=1S/C25H32N4O4S/c1-17(2)23-26-12-13-29(23)16-18-8-7-9-20(14-18)27-24(30)19-10-11-21(33-6)22(15-19)34(31,32)28-25(3,4)5/h7-15,17,28H,16H2,1-6H3,(H,27,30). The van der Waals surface area contributed by atoms with Gasteiger partial charge in [-0.15, -0.1) is 0 Å². The lowest BCUT2D eigenvalue weighted by molar-refractivity contribution is 0.102. The number of aromatic nitrogens is 2. The molecule has 0 fully saturated rings. The lowest BCUT2D eigenvalue weighted by Gasteiger charge is -2.21. The third-order valence-electron chi connectivity index (χ3n) is 4.96. The monoisotopic (exact) mass is 484 g/mol. The van der Waals surface area contributed by atoms with Gasteiger partial charge < -0.3 is 14.6 Å². The van der Waals surface area contributed by atoms with Gasteiger partial charge in [0.15, 0.2) is 0 Å². The smallest absolute Gasteiger partial charge is 0.255 e. The van der Waals surface area contributed by atoms with Crippen molar-refractivity contribution in [2.24, 2.45) is 0 Å². The minimum atomic E-state index is -3.90. The number of imidazole rings is 1. The van der Waals surface area contributed by atoms with Crippen LogP contribution >= 0.6 is 0 Å². The predicted octanol–water partition coefficient (Wildman–Crippen LogP) is 4.39. The molecule has 3 rings (SSSR count). The fraction of sp³-hybridized carbons (Fsp3) is 0.360. The van der Waals surface area contributed by atoms with Gasteiger partial charge in [-0.2, -0.15) is 0 Å². The molecule has 1 aromatic heterocycles. The van der Waals surface area contributed by atoms with Crippen LogP contribution in [0.1, 0.15) is 62.3 Å². The van der Waals surface area contributed by atoms with Crippen molar-refractivity contribution < 1.29 is 17.9 Å². The summed E-state index contributed by atoms with van der Waals surface area (Å²) in [6, 6.07) is 11.9. The van der Waals surface area contributed by atoms with E-state index in [1.165, 1.54) is 25.3 Å². The molecule has 9 heteroatoms. The maximum absolute atomic E-state index is 13.0. The Hall–Kier alpha value is -3.17. The molecule has 34 heavy (non-hydrogen) atoms. The van der Waals surface area contributed by atoms with Gasteiger partial charge >= 0.3 is 0 Å². The summed E-state index contributed by atoms with van der Waals surface area (Å²) < 4.78 is 35.7. The average molecular weight is 485 g/mol. The van der Waals surface area contributed by atoms with Gasteiger partial charge in [0.25, 0.3) is 5.91 Å². The first-order valence-electron chi connectivity index (χ1n) is 11.0. The van der Waals surface area contributed by atoms with Gasteiger partial charge in [0.05, 0.1) is 7.11 Å². The van der Waals surface area contributed by atoms with Gasteiger partial charge in [-0.1, -0.05) is 26.0 Å². The first-order valence-corrected chi connectivity index (χ1v) is 12.5. The van der Waals surface area contributed by atoms with Crippen LogP contribution in [0.2, 0.25) is 0 Å². The van der Waals surface area contributed by atoms with E-state index in [1.54, 1.807) is 33.0 Å². The second-order valence-electron chi connectivity index (χ2n) is 9.44. The lowest BCUT2D eigenvalue weighted by atomic mass is 10.1. The topological polar surface area (TPSA) is 102 Å². The summed E-state index contributed by atoms with van der Waals surface area (Å²) in [5.41, 5.74) is 1.14. The highest BCUT2D eigenvalue weighted by molar-refractivity contribution is 7.89. The molecular weight excluding hydrogens is 452 g/mol. The van der Waals surface area contributed by atoms with E-state index in [9.17, 15) is 13.2 Å². The minimum absolute atomic E-state index is 0.0901. The van der Waals surface area contributed by atoms with Gasteiger partial charge in [-0.3, -0.25) is 4.79 Å². The van der Waals surface area contributed by atoms with Crippen molar-refractivity contribution in [3.05, 3.63) is 71.8 Å². The van der Waals surface area contributed by atoms with E-state index in [2.05, 4.69) is 33.4 Å². The second-order valence-corrected chi connectivity index (χ2v) is 11.1. The first-order chi connectivity index (χ1) is 15.9. The number of methoxy groups -OCH3 is 1. The molecule has 1 heterocycles. The summed E-state index contributed by atoms with van der Waals surface area (Å²) in [6.45, 7) is 10.0. The van der Waals surface area contributed by atoms with E-state index < -0.39 is 21.5 Å². The number of carbonyl (C=O) groups excluding carboxylic acids is 1.